The SMILES string of the molecule is CCc1nc(CC(=O)NCC(C(=O)O)c2ccccc2)cs1. The summed E-state index contributed by atoms with van der Waals surface area (Å²) in [4.78, 5) is 27.6. The summed E-state index contributed by atoms with van der Waals surface area (Å²) in [5, 5.41) is 14.8. The van der Waals surface area contributed by atoms with E-state index in [9.17, 15) is 14.7 Å². The minimum absolute atomic E-state index is 0.0724. The smallest absolute Gasteiger partial charge is 0.312 e. The van der Waals surface area contributed by atoms with E-state index in [1.54, 1.807) is 24.3 Å². The van der Waals surface area contributed by atoms with Crippen molar-refractivity contribution in [3.63, 3.8) is 0 Å². The van der Waals surface area contributed by atoms with Gasteiger partial charge in [0, 0.05) is 11.9 Å². The molecule has 6 heteroatoms. The molecule has 1 aromatic carbocycles. The van der Waals surface area contributed by atoms with Crippen LogP contribution in [0.4, 0.5) is 0 Å². The van der Waals surface area contributed by atoms with Gasteiger partial charge in [-0.2, -0.15) is 0 Å². The van der Waals surface area contributed by atoms with Crippen LogP contribution in [0.15, 0.2) is 35.7 Å². The first-order valence-electron chi connectivity index (χ1n) is 7.08. The molecule has 2 rings (SSSR count). The first-order valence-corrected chi connectivity index (χ1v) is 7.95. The van der Waals surface area contributed by atoms with Crippen LogP contribution in [-0.2, 0) is 22.4 Å². The fraction of sp³-hybridized carbons (Fsp3) is 0.312. The second-order valence-corrected chi connectivity index (χ2v) is 5.81. The van der Waals surface area contributed by atoms with Gasteiger partial charge in [-0.3, -0.25) is 9.59 Å². The van der Waals surface area contributed by atoms with Crippen molar-refractivity contribution in [2.45, 2.75) is 25.7 Å². The van der Waals surface area contributed by atoms with Crippen molar-refractivity contribution in [2.75, 3.05) is 6.54 Å². The number of amides is 1. The quantitative estimate of drug-likeness (QED) is 0.820. The van der Waals surface area contributed by atoms with Crippen molar-refractivity contribution < 1.29 is 14.7 Å². The van der Waals surface area contributed by atoms with Gasteiger partial charge in [-0.1, -0.05) is 37.3 Å². The molecule has 0 spiro atoms. The zero-order valence-corrected chi connectivity index (χ0v) is 13.1. The number of hydrogen-bond acceptors (Lipinski definition) is 4. The van der Waals surface area contributed by atoms with Crippen LogP contribution < -0.4 is 5.32 Å². The molecule has 116 valence electrons. The highest BCUT2D eigenvalue weighted by molar-refractivity contribution is 7.09. The number of hydrogen-bond donors (Lipinski definition) is 2. The maximum atomic E-state index is 11.9. The average molecular weight is 318 g/mol. The number of carboxylic acids is 1. The van der Waals surface area contributed by atoms with E-state index in [2.05, 4.69) is 10.3 Å². The van der Waals surface area contributed by atoms with E-state index in [4.69, 9.17) is 0 Å². The van der Waals surface area contributed by atoms with Crippen LogP contribution in [0.3, 0.4) is 0 Å². The Balaban J connectivity index is 1.92. The normalized spacial score (nSPS) is 11.9. The van der Waals surface area contributed by atoms with Crippen LogP contribution in [-0.4, -0.2) is 28.5 Å². The van der Waals surface area contributed by atoms with Crippen molar-refractivity contribution in [1.29, 1.82) is 0 Å². The molecule has 1 aromatic heterocycles. The molecule has 1 atom stereocenters. The zero-order valence-electron chi connectivity index (χ0n) is 12.3. The van der Waals surface area contributed by atoms with E-state index in [0.717, 1.165) is 17.1 Å². The van der Waals surface area contributed by atoms with E-state index >= 15 is 0 Å². The van der Waals surface area contributed by atoms with Gasteiger partial charge in [-0.15, -0.1) is 11.3 Å². The third-order valence-electron chi connectivity index (χ3n) is 3.25. The minimum atomic E-state index is -0.951. The number of benzene rings is 1. The number of carbonyl (C=O) groups excluding carboxylic acids is 1. The number of aromatic nitrogens is 1. The Labute approximate surface area is 133 Å². The lowest BCUT2D eigenvalue weighted by atomic mass is 9.99. The Bertz CT molecular complexity index is 640. The molecule has 0 fully saturated rings. The largest absolute Gasteiger partial charge is 0.481 e. The number of nitrogens with zero attached hydrogens (tertiary/aromatic N) is 1. The number of thiazole rings is 1. The van der Waals surface area contributed by atoms with Gasteiger partial charge < -0.3 is 10.4 Å². The predicted molar refractivity (Wildman–Crippen MR) is 85.0 cm³/mol. The molecule has 0 aliphatic heterocycles. The monoisotopic (exact) mass is 318 g/mol. The molecule has 0 saturated carbocycles. The van der Waals surface area contributed by atoms with Gasteiger partial charge in [0.15, 0.2) is 0 Å². The van der Waals surface area contributed by atoms with Crippen LogP contribution in [0.5, 0.6) is 0 Å². The fourth-order valence-corrected chi connectivity index (χ4v) is 2.81. The van der Waals surface area contributed by atoms with Gasteiger partial charge in [0.1, 0.15) is 0 Å². The van der Waals surface area contributed by atoms with Crippen molar-refractivity contribution >= 4 is 23.2 Å². The Kier molecular flexibility index (Phi) is 5.66. The number of carboxylic acid groups (broad SMARTS) is 1. The molecule has 22 heavy (non-hydrogen) atoms. The Morgan fingerprint density at radius 3 is 2.64 bits per heavy atom. The second kappa shape index (κ2) is 7.70. The Morgan fingerprint density at radius 2 is 2.05 bits per heavy atom. The lowest BCUT2D eigenvalue weighted by Crippen LogP contribution is -2.32. The van der Waals surface area contributed by atoms with Gasteiger partial charge in [0.2, 0.25) is 5.91 Å². The van der Waals surface area contributed by atoms with Crippen LogP contribution in [0.1, 0.15) is 29.1 Å². The van der Waals surface area contributed by atoms with Crippen LogP contribution >= 0.6 is 11.3 Å². The number of aryl methyl sites for hydroxylation is 1. The predicted octanol–water partition coefficient (Wildman–Crippen LogP) is 2.23. The van der Waals surface area contributed by atoms with Gasteiger partial charge >= 0.3 is 5.97 Å². The van der Waals surface area contributed by atoms with E-state index in [1.165, 1.54) is 11.3 Å². The summed E-state index contributed by atoms with van der Waals surface area (Å²) < 4.78 is 0. The van der Waals surface area contributed by atoms with Crippen molar-refractivity contribution in [3.8, 4) is 0 Å². The van der Waals surface area contributed by atoms with Gasteiger partial charge in [-0.05, 0) is 12.0 Å². The fourth-order valence-electron chi connectivity index (χ4n) is 2.07. The molecule has 1 heterocycles. The molecule has 0 saturated heterocycles. The zero-order chi connectivity index (χ0) is 15.9. The second-order valence-electron chi connectivity index (χ2n) is 4.87. The third-order valence-corrected chi connectivity index (χ3v) is 4.29. The van der Waals surface area contributed by atoms with Crippen molar-refractivity contribution in [2.24, 2.45) is 0 Å². The standard InChI is InChI=1S/C16H18N2O3S/c1-2-15-18-12(10-22-15)8-14(19)17-9-13(16(20)21)11-6-4-3-5-7-11/h3-7,10,13H,2,8-9H2,1H3,(H,17,19)(H,20,21). The first kappa shape index (κ1) is 16.2. The number of nitrogens with one attached hydrogen (secondary N) is 1. The average Bonchev–Trinajstić information content (AvgIpc) is 2.95. The number of rotatable bonds is 7. The summed E-state index contributed by atoms with van der Waals surface area (Å²) in [5.41, 5.74) is 1.41. The van der Waals surface area contributed by atoms with Crippen molar-refractivity contribution in [3.05, 3.63) is 52.0 Å². The molecular formula is C16H18N2O3S. The maximum Gasteiger partial charge on any atom is 0.312 e. The van der Waals surface area contributed by atoms with E-state index in [0.29, 0.717) is 5.56 Å². The van der Waals surface area contributed by atoms with Gasteiger partial charge in [0.25, 0.3) is 0 Å². The Morgan fingerprint density at radius 1 is 1.32 bits per heavy atom. The highest BCUT2D eigenvalue weighted by Gasteiger charge is 2.20. The molecule has 0 radical (unpaired) electrons. The molecule has 0 bridgehead atoms. The molecule has 1 unspecified atom stereocenters. The van der Waals surface area contributed by atoms with Crippen molar-refractivity contribution in [1.82, 2.24) is 10.3 Å². The minimum Gasteiger partial charge on any atom is -0.481 e. The maximum absolute atomic E-state index is 11.9. The molecule has 5 nitrogen and oxygen atoms in total. The molecular weight excluding hydrogens is 300 g/mol. The molecule has 2 N–H and O–H groups in total. The van der Waals surface area contributed by atoms with Crippen LogP contribution in [0.2, 0.25) is 0 Å². The summed E-state index contributed by atoms with van der Waals surface area (Å²) >= 11 is 1.53. The highest BCUT2D eigenvalue weighted by Crippen LogP contribution is 2.15. The van der Waals surface area contributed by atoms with E-state index < -0.39 is 11.9 Å². The molecule has 1 amide bonds. The van der Waals surface area contributed by atoms with E-state index in [-0.39, 0.29) is 18.9 Å². The first-order chi connectivity index (χ1) is 10.6. The van der Waals surface area contributed by atoms with Crippen LogP contribution in [0, 0.1) is 0 Å². The topological polar surface area (TPSA) is 79.3 Å². The summed E-state index contributed by atoms with van der Waals surface area (Å²) in [7, 11) is 0. The summed E-state index contributed by atoms with van der Waals surface area (Å²) in [6, 6.07) is 8.90. The third kappa shape index (κ3) is 4.39. The summed E-state index contributed by atoms with van der Waals surface area (Å²) in [6.45, 7) is 2.09. The van der Waals surface area contributed by atoms with Gasteiger partial charge in [0.05, 0.1) is 23.0 Å². The van der Waals surface area contributed by atoms with Gasteiger partial charge in [-0.25, -0.2) is 4.98 Å². The highest BCUT2D eigenvalue weighted by atomic mass is 32.1. The lowest BCUT2D eigenvalue weighted by Gasteiger charge is -2.13. The Hall–Kier alpha value is -2.21. The number of carbonyl (C=O) groups is 2. The number of aliphatic carboxylic acids is 1. The van der Waals surface area contributed by atoms with E-state index in [1.807, 2.05) is 18.4 Å². The lowest BCUT2D eigenvalue weighted by molar-refractivity contribution is -0.138. The van der Waals surface area contributed by atoms with Crippen LogP contribution in [0.25, 0.3) is 0 Å². The molecule has 0 aliphatic rings. The molecule has 0 aliphatic carbocycles. The summed E-state index contributed by atoms with van der Waals surface area (Å²) in [6.07, 6.45) is 1.03. The molecule has 2 aromatic rings. The summed E-state index contributed by atoms with van der Waals surface area (Å²) in [5.74, 6) is -1.91.